The van der Waals surface area contributed by atoms with Crippen molar-refractivity contribution in [2.24, 2.45) is 0 Å². The molecule has 0 fully saturated rings. The Morgan fingerprint density at radius 2 is 1.67 bits per heavy atom. The number of anilines is 1. The maximum Gasteiger partial charge on any atom is 0.229 e. The van der Waals surface area contributed by atoms with Gasteiger partial charge in [0.25, 0.3) is 0 Å². The molecular weight excluding hydrogens is 234 g/mol. The normalized spacial score (nSPS) is 10.2. The molecule has 0 saturated carbocycles. The first-order chi connectivity index (χ1) is 8.80. The molecule has 6 nitrogen and oxygen atoms in total. The quantitative estimate of drug-likeness (QED) is 0.651. The molecule has 0 atom stereocenters. The molecule has 1 heterocycles. The highest BCUT2D eigenvalue weighted by atomic mass is 16.5. The number of aromatic nitrogens is 2. The van der Waals surface area contributed by atoms with E-state index < -0.39 is 0 Å². The van der Waals surface area contributed by atoms with Gasteiger partial charge in [-0.05, 0) is 12.8 Å². The molecule has 0 aromatic carbocycles. The summed E-state index contributed by atoms with van der Waals surface area (Å²) in [6, 6.07) is 1.63. The first-order valence-corrected chi connectivity index (χ1v) is 6.12. The van der Waals surface area contributed by atoms with Crippen molar-refractivity contribution < 1.29 is 14.6 Å². The summed E-state index contributed by atoms with van der Waals surface area (Å²) < 4.78 is 10.1. The third kappa shape index (κ3) is 5.18. The lowest BCUT2D eigenvalue weighted by Crippen LogP contribution is -2.07. The SMILES string of the molecule is COc1cc(OC)nc(NCCCCCCO)n1. The molecule has 1 aromatic rings. The van der Waals surface area contributed by atoms with E-state index in [9.17, 15) is 0 Å². The molecule has 0 saturated heterocycles. The van der Waals surface area contributed by atoms with Crippen LogP contribution in [0.2, 0.25) is 0 Å². The maximum atomic E-state index is 8.65. The predicted molar refractivity (Wildman–Crippen MR) is 69.2 cm³/mol. The second kappa shape index (κ2) is 8.52. The number of unbranched alkanes of at least 4 members (excludes halogenated alkanes) is 3. The highest BCUT2D eigenvalue weighted by Crippen LogP contribution is 2.17. The van der Waals surface area contributed by atoms with Gasteiger partial charge in [0.15, 0.2) is 0 Å². The zero-order chi connectivity index (χ0) is 13.2. The van der Waals surface area contributed by atoms with Crippen molar-refractivity contribution in [1.29, 1.82) is 0 Å². The third-order valence-corrected chi connectivity index (χ3v) is 2.47. The number of hydrogen-bond acceptors (Lipinski definition) is 6. The molecule has 102 valence electrons. The molecule has 0 amide bonds. The maximum absolute atomic E-state index is 8.65. The van der Waals surface area contributed by atoms with Crippen LogP contribution in [0.15, 0.2) is 6.07 Å². The Kier molecular flexibility index (Phi) is 6.86. The van der Waals surface area contributed by atoms with Crippen LogP contribution in [0.5, 0.6) is 11.8 Å². The van der Waals surface area contributed by atoms with Crippen LogP contribution in [0.3, 0.4) is 0 Å². The Labute approximate surface area is 107 Å². The molecule has 18 heavy (non-hydrogen) atoms. The van der Waals surface area contributed by atoms with Crippen molar-refractivity contribution in [3.63, 3.8) is 0 Å². The number of nitrogens with one attached hydrogen (secondary N) is 1. The van der Waals surface area contributed by atoms with Crippen LogP contribution < -0.4 is 14.8 Å². The minimum absolute atomic E-state index is 0.267. The molecular formula is C12H21N3O3. The Hall–Kier alpha value is -1.56. The smallest absolute Gasteiger partial charge is 0.229 e. The van der Waals surface area contributed by atoms with Crippen LogP contribution in [0.4, 0.5) is 5.95 Å². The van der Waals surface area contributed by atoms with Gasteiger partial charge in [0, 0.05) is 13.2 Å². The summed E-state index contributed by atoms with van der Waals surface area (Å²) in [4.78, 5) is 8.34. The number of aliphatic hydroxyl groups excluding tert-OH is 1. The average Bonchev–Trinajstić information content (AvgIpc) is 2.42. The van der Waals surface area contributed by atoms with E-state index in [0.29, 0.717) is 17.7 Å². The fraction of sp³-hybridized carbons (Fsp3) is 0.667. The fourth-order valence-corrected chi connectivity index (χ4v) is 1.48. The van der Waals surface area contributed by atoms with Crippen molar-refractivity contribution in [3.05, 3.63) is 6.07 Å². The third-order valence-electron chi connectivity index (χ3n) is 2.47. The van der Waals surface area contributed by atoms with Gasteiger partial charge in [-0.2, -0.15) is 9.97 Å². The predicted octanol–water partition coefficient (Wildman–Crippen LogP) is 1.46. The Morgan fingerprint density at radius 3 is 2.22 bits per heavy atom. The fourth-order valence-electron chi connectivity index (χ4n) is 1.48. The number of methoxy groups -OCH3 is 2. The van der Waals surface area contributed by atoms with Gasteiger partial charge >= 0.3 is 0 Å². The minimum atomic E-state index is 0.267. The van der Waals surface area contributed by atoms with Crippen LogP contribution in [0, 0.1) is 0 Å². The molecule has 2 N–H and O–H groups in total. The molecule has 0 radical (unpaired) electrons. The molecule has 1 rings (SSSR count). The van der Waals surface area contributed by atoms with Gasteiger partial charge in [-0.1, -0.05) is 12.8 Å². The molecule has 0 aliphatic rings. The van der Waals surface area contributed by atoms with E-state index in [-0.39, 0.29) is 6.61 Å². The second-order valence-electron chi connectivity index (χ2n) is 3.84. The number of nitrogens with zero attached hydrogens (tertiary/aromatic N) is 2. The molecule has 6 heteroatoms. The van der Waals surface area contributed by atoms with Gasteiger partial charge in [0.1, 0.15) is 0 Å². The largest absolute Gasteiger partial charge is 0.481 e. The zero-order valence-corrected chi connectivity index (χ0v) is 11.0. The van der Waals surface area contributed by atoms with Crippen molar-refractivity contribution in [2.75, 3.05) is 32.7 Å². The summed E-state index contributed by atoms with van der Waals surface area (Å²) >= 11 is 0. The van der Waals surface area contributed by atoms with Gasteiger partial charge in [0.2, 0.25) is 17.7 Å². The Bertz CT molecular complexity index is 325. The second-order valence-corrected chi connectivity index (χ2v) is 3.84. The number of ether oxygens (including phenoxy) is 2. The van der Waals surface area contributed by atoms with Gasteiger partial charge in [-0.3, -0.25) is 0 Å². The molecule has 0 unspecified atom stereocenters. The van der Waals surface area contributed by atoms with Crippen molar-refractivity contribution >= 4 is 5.95 Å². The van der Waals surface area contributed by atoms with E-state index in [0.717, 1.165) is 32.2 Å². The summed E-state index contributed by atoms with van der Waals surface area (Å²) in [5.74, 6) is 1.46. The van der Waals surface area contributed by atoms with Crippen LogP contribution in [-0.4, -0.2) is 42.4 Å². The van der Waals surface area contributed by atoms with E-state index in [2.05, 4.69) is 15.3 Å². The lowest BCUT2D eigenvalue weighted by Gasteiger charge is -2.08. The highest BCUT2D eigenvalue weighted by molar-refractivity contribution is 5.33. The van der Waals surface area contributed by atoms with Gasteiger partial charge in [0.05, 0.1) is 20.3 Å². The Balaban J connectivity index is 2.36. The molecule has 0 spiro atoms. The van der Waals surface area contributed by atoms with Crippen LogP contribution in [0.1, 0.15) is 25.7 Å². The van der Waals surface area contributed by atoms with Gasteiger partial charge in [-0.25, -0.2) is 0 Å². The van der Waals surface area contributed by atoms with E-state index in [1.54, 1.807) is 20.3 Å². The van der Waals surface area contributed by atoms with Crippen molar-refractivity contribution in [1.82, 2.24) is 9.97 Å². The standard InChI is InChI=1S/C12H21N3O3/c1-17-10-9-11(18-2)15-12(14-10)13-7-5-3-4-6-8-16/h9,16H,3-8H2,1-2H3,(H,13,14,15). The Morgan fingerprint density at radius 1 is 1.06 bits per heavy atom. The lowest BCUT2D eigenvalue weighted by molar-refractivity contribution is 0.283. The number of rotatable bonds is 9. The number of hydrogen-bond donors (Lipinski definition) is 2. The van der Waals surface area contributed by atoms with E-state index >= 15 is 0 Å². The molecule has 0 aliphatic carbocycles. The molecule has 1 aromatic heterocycles. The average molecular weight is 255 g/mol. The van der Waals surface area contributed by atoms with Crippen molar-refractivity contribution in [2.45, 2.75) is 25.7 Å². The highest BCUT2D eigenvalue weighted by Gasteiger charge is 2.04. The van der Waals surface area contributed by atoms with E-state index in [1.165, 1.54) is 0 Å². The van der Waals surface area contributed by atoms with E-state index in [4.69, 9.17) is 14.6 Å². The summed E-state index contributed by atoms with van der Waals surface area (Å²) in [6.45, 7) is 1.06. The van der Waals surface area contributed by atoms with Crippen LogP contribution in [-0.2, 0) is 0 Å². The minimum Gasteiger partial charge on any atom is -0.481 e. The topological polar surface area (TPSA) is 76.5 Å². The summed E-state index contributed by atoms with van der Waals surface area (Å²) in [5, 5.41) is 11.8. The summed E-state index contributed by atoms with van der Waals surface area (Å²) in [7, 11) is 3.11. The van der Waals surface area contributed by atoms with Crippen LogP contribution in [0.25, 0.3) is 0 Å². The van der Waals surface area contributed by atoms with Gasteiger partial charge in [-0.15, -0.1) is 0 Å². The monoisotopic (exact) mass is 255 g/mol. The summed E-state index contributed by atoms with van der Waals surface area (Å²) in [5.41, 5.74) is 0. The van der Waals surface area contributed by atoms with Crippen LogP contribution >= 0.6 is 0 Å². The molecule has 0 bridgehead atoms. The van der Waals surface area contributed by atoms with E-state index in [1.807, 2.05) is 0 Å². The van der Waals surface area contributed by atoms with Gasteiger partial charge < -0.3 is 19.9 Å². The molecule has 0 aliphatic heterocycles. The first-order valence-electron chi connectivity index (χ1n) is 6.12. The lowest BCUT2D eigenvalue weighted by atomic mass is 10.2. The number of aliphatic hydroxyl groups is 1. The summed E-state index contributed by atoms with van der Waals surface area (Å²) in [6.07, 6.45) is 4.00. The van der Waals surface area contributed by atoms with Crippen molar-refractivity contribution in [3.8, 4) is 11.8 Å². The zero-order valence-electron chi connectivity index (χ0n) is 11.0. The first kappa shape index (κ1) is 14.5.